The highest BCUT2D eigenvalue weighted by atomic mass is 16.5. The van der Waals surface area contributed by atoms with Crippen LogP contribution in [0, 0.1) is 0 Å². The van der Waals surface area contributed by atoms with E-state index in [1.54, 1.807) is 7.11 Å². The maximum atomic E-state index is 11.9. The van der Waals surface area contributed by atoms with Crippen LogP contribution in [-0.2, 0) is 19.0 Å². The molecule has 0 radical (unpaired) electrons. The zero-order chi connectivity index (χ0) is 11.9. The van der Waals surface area contributed by atoms with E-state index in [2.05, 4.69) is 5.32 Å². The zero-order valence-electron chi connectivity index (χ0n) is 10.1. The van der Waals surface area contributed by atoms with Crippen LogP contribution < -0.4 is 5.32 Å². The molecule has 0 unspecified atom stereocenters. The standard InChI is InChI=1S/C11H21NO4/c1-3-16-10(13)11(12-6-9-14-2)4-7-15-8-5-11/h12H,3-9H2,1-2H3. The molecule has 0 aromatic carbocycles. The average Bonchev–Trinajstić information content (AvgIpc) is 2.31. The number of hydrogen-bond donors (Lipinski definition) is 1. The Hall–Kier alpha value is -0.650. The molecule has 1 fully saturated rings. The highest BCUT2D eigenvalue weighted by molar-refractivity contribution is 5.81. The number of esters is 1. The highest BCUT2D eigenvalue weighted by Crippen LogP contribution is 2.22. The molecule has 1 N–H and O–H groups in total. The second kappa shape index (κ2) is 6.83. The van der Waals surface area contributed by atoms with Crippen molar-refractivity contribution in [2.75, 3.05) is 40.1 Å². The second-order valence-electron chi connectivity index (χ2n) is 3.83. The van der Waals surface area contributed by atoms with Gasteiger partial charge in [-0.1, -0.05) is 0 Å². The van der Waals surface area contributed by atoms with E-state index in [0.29, 0.717) is 45.8 Å². The number of rotatable bonds is 6. The van der Waals surface area contributed by atoms with E-state index >= 15 is 0 Å². The maximum Gasteiger partial charge on any atom is 0.326 e. The fraction of sp³-hybridized carbons (Fsp3) is 0.909. The molecule has 0 atom stereocenters. The van der Waals surface area contributed by atoms with Crippen molar-refractivity contribution in [1.29, 1.82) is 0 Å². The van der Waals surface area contributed by atoms with Crippen molar-refractivity contribution in [3.05, 3.63) is 0 Å². The van der Waals surface area contributed by atoms with Crippen LogP contribution in [-0.4, -0.2) is 51.6 Å². The van der Waals surface area contributed by atoms with Gasteiger partial charge in [0.1, 0.15) is 5.54 Å². The van der Waals surface area contributed by atoms with Crippen molar-refractivity contribution in [2.45, 2.75) is 25.3 Å². The third-order valence-corrected chi connectivity index (χ3v) is 2.78. The predicted molar refractivity (Wildman–Crippen MR) is 59.3 cm³/mol. The third kappa shape index (κ3) is 3.43. The van der Waals surface area contributed by atoms with Gasteiger partial charge in [0.05, 0.1) is 13.2 Å². The number of hydrogen-bond acceptors (Lipinski definition) is 5. The summed E-state index contributed by atoms with van der Waals surface area (Å²) in [4.78, 5) is 11.9. The smallest absolute Gasteiger partial charge is 0.326 e. The molecule has 94 valence electrons. The molecule has 5 heteroatoms. The number of nitrogens with one attached hydrogen (secondary N) is 1. The Kier molecular flexibility index (Phi) is 5.73. The first-order valence-electron chi connectivity index (χ1n) is 5.74. The second-order valence-corrected chi connectivity index (χ2v) is 3.83. The number of carbonyl (C=O) groups excluding carboxylic acids is 1. The van der Waals surface area contributed by atoms with Crippen LogP contribution in [0.15, 0.2) is 0 Å². The first kappa shape index (κ1) is 13.4. The summed E-state index contributed by atoms with van der Waals surface area (Å²) in [5.74, 6) is -0.172. The normalized spacial score (nSPS) is 19.4. The fourth-order valence-corrected chi connectivity index (χ4v) is 1.83. The van der Waals surface area contributed by atoms with Crippen LogP contribution in [0.1, 0.15) is 19.8 Å². The van der Waals surface area contributed by atoms with Crippen molar-refractivity contribution in [1.82, 2.24) is 5.32 Å². The molecule has 0 aromatic rings. The van der Waals surface area contributed by atoms with Crippen molar-refractivity contribution in [2.24, 2.45) is 0 Å². The molecule has 0 aromatic heterocycles. The van der Waals surface area contributed by atoms with E-state index < -0.39 is 5.54 Å². The monoisotopic (exact) mass is 231 g/mol. The number of methoxy groups -OCH3 is 1. The summed E-state index contributed by atoms with van der Waals surface area (Å²) in [6, 6.07) is 0. The predicted octanol–water partition coefficient (Wildman–Crippen LogP) is 0.335. The molecule has 1 aliphatic heterocycles. The van der Waals surface area contributed by atoms with Crippen LogP contribution in [0.2, 0.25) is 0 Å². The summed E-state index contributed by atoms with van der Waals surface area (Å²) in [6.07, 6.45) is 1.32. The average molecular weight is 231 g/mol. The molecule has 1 aliphatic rings. The molecular weight excluding hydrogens is 210 g/mol. The molecule has 0 aliphatic carbocycles. The van der Waals surface area contributed by atoms with E-state index in [1.165, 1.54) is 0 Å². The minimum atomic E-state index is -0.577. The van der Waals surface area contributed by atoms with E-state index in [0.717, 1.165) is 0 Å². The maximum absolute atomic E-state index is 11.9. The topological polar surface area (TPSA) is 56.8 Å². The van der Waals surface area contributed by atoms with E-state index in [1.807, 2.05) is 6.92 Å². The molecule has 5 nitrogen and oxygen atoms in total. The van der Waals surface area contributed by atoms with Crippen LogP contribution in [0.25, 0.3) is 0 Å². The quantitative estimate of drug-likeness (QED) is 0.527. The molecule has 0 spiro atoms. The Labute approximate surface area is 96.4 Å². The Balaban J connectivity index is 2.55. The van der Waals surface area contributed by atoms with Gasteiger partial charge in [-0.2, -0.15) is 0 Å². The Morgan fingerprint density at radius 2 is 2.12 bits per heavy atom. The van der Waals surface area contributed by atoms with Crippen LogP contribution in [0.3, 0.4) is 0 Å². The van der Waals surface area contributed by atoms with Crippen molar-refractivity contribution in [3.8, 4) is 0 Å². The Morgan fingerprint density at radius 3 is 2.69 bits per heavy atom. The molecule has 1 rings (SSSR count). The van der Waals surface area contributed by atoms with Gasteiger partial charge in [-0.15, -0.1) is 0 Å². The van der Waals surface area contributed by atoms with E-state index in [9.17, 15) is 4.79 Å². The lowest BCUT2D eigenvalue weighted by atomic mass is 9.90. The summed E-state index contributed by atoms with van der Waals surface area (Å²) >= 11 is 0. The first-order valence-corrected chi connectivity index (χ1v) is 5.74. The van der Waals surface area contributed by atoms with Crippen molar-refractivity contribution in [3.63, 3.8) is 0 Å². The van der Waals surface area contributed by atoms with Crippen LogP contribution in [0.5, 0.6) is 0 Å². The third-order valence-electron chi connectivity index (χ3n) is 2.78. The van der Waals surface area contributed by atoms with Gasteiger partial charge in [0.2, 0.25) is 0 Å². The highest BCUT2D eigenvalue weighted by Gasteiger charge is 2.40. The SMILES string of the molecule is CCOC(=O)C1(NCCOC)CCOCC1. The van der Waals surface area contributed by atoms with Gasteiger partial charge in [-0.3, -0.25) is 10.1 Å². The Morgan fingerprint density at radius 1 is 1.44 bits per heavy atom. The zero-order valence-corrected chi connectivity index (χ0v) is 10.1. The fourth-order valence-electron chi connectivity index (χ4n) is 1.83. The van der Waals surface area contributed by atoms with Crippen LogP contribution in [0.4, 0.5) is 0 Å². The molecule has 0 amide bonds. The molecule has 16 heavy (non-hydrogen) atoms. The summed E-state index contributed by atoms with van der Waals surface area (Å²) in [5, 5.41) is 3.24. The Bertz CT molecular complexity index is 214. The van der Waals surface area contributed by atoms with Gasteiger partial charge in [0, 0.05) is 26.9 Å². The summed E-state index contributed by atoms with van der Waals surface area (Å²) in [6.45, 7) is 4.66. The van der Waals surface area contributed by atoms with Gasteiger partial charge in [0.25, 0.3) is 0 Å². The van der Waals surface area contributed by atoms with Crippen molar-refractivity contribution >= 4 is 5.97 Å². The number of ether oxygens (including phenoxy) is 3. The largest absolute Gasteiger partial charge is 0.465 e. The lowest BCUT2D eigenvalue weighted by molar-refractivity contribution is -0.155. The summed E-state index contributed by atoms with van der Waals surface area (Å²) < 4.78 is 15.4. The molecule has 1 saturated heterocycles. The van der Waals surface area contributed by atoms with E-state index in [-0.39, 0.29) is 5.97 Å². The summed E-state index contributed by atoms with van der Waals surface area (Å²) in [5.41, 5.74) is -0.577. The van der Waals surface area contributed by atoms with Gasteiger partial charge in [-0.25, -0.2) is 0 Å². The van der Waals surface area contributed by atoms with Gasteiger partial charge in [-0.05, 0) is 19.8 Å². The van der Waals surface area contributed by atoms with Crippen molar-refractivity contribution < 1.29 is 19.0 Å². The molecular formula is C11H21NO4. The lowest BCUT2D eigenvalue weighted by Gasteiger charge is -2.35. The molecule has 0 bridgehead atoms. The lowest BCUT2D eigenvalue weighted by Crippen LogP contribution is -2.57. The van der Waals surface area contributed by atoms with Gasteiger partial charge < -0.3 is 14.2 Å². The number of carbonyl (C=O) groups is 1. The molecule has 1 heterocycles. The minimum Gasteiger partial charge on any atom is -0.465 e. The van der Waals surface area contributed by atoms with Gasteiger partial charge in [0.15, 0.2) is 0 Å². The minimum absolute atomic E-state index is 0.172. The summed E-state index contributed by atoms with van der Waals surface area (Å²) in [7, 11) is 1.64. The van der Waals surface area contributed by atoms with Crippen LogP contribution >= 0.6 is 0 Å². The van der Waals surface area contributed by atoms with Gasteiger partial charge >= 0.3 is 5.97 Å². The van der Waals surface area contributed by atoms with E-state index in [4.69, 9.17) is 14.2 Å². The molecule has 0 saturated carbocycles. The first-order chi connectivity index (χ1) is 7.75.